The molecule has 4 rings (SSSR count). The summed E-state index contributed by atoms with van der Waals surface area (Å²) >= 11 is 0. The first-order valence-electron chi connectivity index (χ1n) is 11.6. The van der Waals surface area contributed by atoms with E-state index in [0.29, 0.717) is 18.5 Å². The highest BCUT2D eigenvalue weighted by Gasteiger charge is 2.50. The van der Waals surface area contributed by atoms with Crippen LogP contribution in [0.5, 0.6) is 0 Å². The molecule has 5 heteroatoms. The molecule has 0 spiro atoms. The fourth-order valence-electron chi connectivity index (χ4n) is 5.55. The van der Waals surface area contributed by atoms with Gasteiger partial charge in [0, 0.05) is 36.8 Å². The second-order valence-corrected chi connectivity index (χ2v) is 8.92. The Kier molecular flexibility index (Phi) is 6.33. The van der Waals surface area contributed by atoms with E-state index in [-0.39, 0.29) is 23.7 Å². The molecule has 1 amide bonds. The SMILES string of the molecule is CCN(CC)c1ccc(C2C3CCCCC3(O)CCN2C(=O)c2ccc(F)cc2)cc1. The maximum atomic E-state index is 13.5. The number of halogens is 1. The third-order valence-electron chi connectivity index (χ3n) is 7.28. The summed E-state index contributed by atoms with van der Waals surface area (Å²) < 4.78 is 13.4. The lowest BCUT2D eigenvalue weighted by Crippen LogP contribution is -2.56. The average molecular weight is 425 g/mol. The summed E-state index contributed by atoms with van der Waals surface area (Å²) in [5.74, 6) is -0.426. The van der Waals surface area contributed by atoms with Crippen molar-refractivity contribution >= 4 is 11.6 Å². The van der Waals surface area contributed by atoms with Crippen molar-refractivity contribution in [3.8, 4) is 0 Å². The zero-order valence-electron chi connectivity index (χ0n) is 18.6. The van der Waals surface area contributed by atoms with Gasteiger partial charge in [0.05, 0.1) is 11.6 Å². The number of amides is 1. The van der Waals surface area contributed by atoms with Crippen LogP contribution in [0.15, 0.2) is 48.5 Å². The standard InChI is InChI=1S/C26H33FN2O2/c1-3-28(4-2)22-14-10-19(11-15-22)24-23-7-5-6-16-26(23,31)17-18-29(24)25(30)20-8-12-21(27)13-9-20/h8-15,23-24,31H,3-7,16-18H2,1-2H3. The van der Waals surface area contributed by atoms with Gasteiger partial charge < -0.3 is 14.9 Å². The van der Waals surface area contributed by atoms with Crippen molar-refractivity contribution in [3.63, 3.8) is 0 Å². The zero-order valence-corrected chi connectivity index (χ0v) is 18.6. The van der Waals surface area contributed by atoms with E-state index in [1.807, 2.05) is 4.90 Å². The van der Waals surface area contributed by atoms with Crippen molar-refractivity contribution in [2.45, 2.75) is 57.6 Å². The number of benzene rings is 2. The van der Waals surface area contributed by atoms with Crippen molar-refractivity contribution in [1.82, 2.24) is 4.90 Å². The number of carbonyl (C=O) groups excluding carboxylic acids is 1. The van der Waals surface area contributed by atoms with E-state index in [2.05, 4.69) is 43.0 Å². The second kappa shape index (κ2) is 8.99. The fraction of sp³-hybridized carbons (Fsp3) is 0.500. The molecule has 31 heavy (non-hydrogen) atoms. The minimum Gasteiger partial charge on any atom is -0.389 e. The molecule has 2 aliphatic rings. The van der Waals surface area contributed by atoms with Crippen LogP contribution in [0.1, 0.15) is 67.9 Å². The predicted octanol–water partition coefficient (Wildman–Crippen LogP) is 5.18. The molecule has 1 N–H and O–H groups in total. The summed E-state index contributed by atoms with van der Waals surface area (Å²) in [4.78, 5) is 17.7. The fourth-order valence-corrected chi connectivity index (χ4v) is 5.55. The summed E-state index contributed by atoms with van der Waals surface area (Å²) in [7, 11) is 0. The Morgan fingerprint density at radius 1 is 1.06 bits per heavy atom. The smallest absolute Gasteiger partial charge is 0.254 e. The van der Waals surface area contributed by atoms with Gasteiger partial charge in [-0.3, -0.25) is 4.79 Å². The largest absolute Gasteiger partial charge is 0.389 e. The molecule has 2 aromatic carbocycles. The van der Waals surface area contributed by atoms with Gasteiger partial charge in [-0.05, 0) is 75.1 Å². The Labute approximate surface area is 184 Å². The molecule has 1 saturated carbocycles. The van der Waals surface area contributed by atoms with E-state index in [1.165, 1.54) is 17.8 Å². The van der Waals surface area contributed by atoms with Gasteiger partial charge in [0.25, 0.3) is 5.91 Å². The van der Waals surface area contributed by atoms with Crippen LogP contribution in [0.3, 0.4) is 0 Å². The van der Waals surface area contributed by atoms with E-state index in [0.717, 1.165) is 44.3 Å². The second-order valence-electron chi connectivity index (χ2n) is 8.92. The topological polar surface area (TPSA) is 43.8 Å². The quantitative estimate of drug-likeness (QED) is 0.719. The minimum atomic E-state index is -0.722. The van der Waals surface area contributed by atoms with Crippen LogP contribution in [0.25, 0.3) is 0 Å². The summed E-state index contributed by atoms with van der Waals surface area (Å²) in [6.45, 7) is 6.67. The molecule has 0 radical (unpaired) electrons. The molecule has 0 bridgehead atoms. The third-order valence-corrected chi connectivity index (χ3v) is 7.28. The molecule has 3 atom stereocenters. The average Bonchev–Trinajstić information content (AvgIpc) is 2.79. The monoisotopic (exact) mass is 424 g/mol. The van der Waals surface area contributed by atoms with Gasteiger partial charge in [-0.15, -0.1) is 0 Å². The van der Waals surface area contributed by atoms with E-state index >= 15 is 0 Å². The van der Waals surface area contributed by atoms with Gasteiger partial charge in [0.15, 0.2) is 0 Å². The van der Waals surface area contributed by atoms with Gasteiger partial charge in [-0.25, -0.2) is 4.39 Å². The highest BCUT2D eigenvalue weighted by atomic mass is 19.1. The summed E-state index contributed by atoms with van der Waals surface area (Å²) in [6, 6.07) is 14.1. The Morgan fingerprint density at radius 3 is 2.39 bits per heavy atom. The maximum Gasteiger partial charge on any atom is 0.254 e. The first-order valence-corrected chi connectivity index (χ1v) is 11.6. The Hall–Kier alpha value is -2.40. The van der Waals surface area contributed by atoms with Crippen LogP contribution in [-0.2, 0) is 0 Å². The van der Waals surface area contributed by atoms with Gasteiger partial charge in [0.2, 0.25) is 0 Å². The number of anilines is 1. The number of aliphatic hydroxyl groups is 1. The number of rotatable bonds is 5. The molecule has 1 heterocycles. The Morgan fingerprint density at radius 2 is 1.74 bits per heavy atom. The number of nitrogens with zero attached hydrogens (tertiary/aromatic N) is 2. The first kappa shape index (κ1) is 21.8. The lowest BCUT2D eigenvalue weighted by Gasteiger charge is -2.52. The lowest BCUT2D eigenvalue weighted by molar-refractivity contribution is -0.115. The maximum absolute atomic E-state index is 13.5. The van der Waals surface area contributed by atoms with Crippen LogP contribution in [0.2, 0.25) is 0 Å². The molecule has 2 aromatic rings. The predicted molar refractivity (Wildman–Crippen MR) is 122 cm³/mol. The molecular formula is C26H33FN2O2. The number of likely N-dealkylation sites (tertiary alicyclic amines) is 1. The van der Waals surface area contributed by atoms with Crippen LogP contribution >= 0.6 is 0 Å². The van der Waals surface area contributed by atoms with Crippen molar-refractivity contribution in [2.75, 3.05) is 24.5 Å². The molecule has 1 aliphatic heterocycles. The van der Waals surface area contributed by atoms with Gasteiger partial charge >= 0.3 is 0 Å². The van der Waals surface area contributed by atoms with Gasteiger partial charge in [-0.2, -0.15) is 0 Å². The number of hydrogen-bond acceptors (Lipinski definition) is 3. The van der Waals surface area contributed by atoms with Crippen molar-refractivity contribution in [1.29, 1.82) is 0 Å². The molecule has 1 aliphatic carbocycles. The van der Waals surface area contributed by atoms with E-state index < -0.39 is 5.60 Å². The normalized spacial score (nSPS) is 25.7. The summed E-state index contributed by atoms with van der Waals surface area (Å²) in [6.07, 6.45) is 4.40. The van der Waals surface area contributed by atoms with E-state index in [4.69, 9.17) is 0 Å². The van der Waals surface area contributed by atoms with Gasteiger partial charge in [-0.1, -0.05) is 25.0 Å². The highest BCUT2D eigenvalue weighted by Crippen LogP contribution is 2.49. The molecule has 4 nitrogen and oxygen atoms in total. The van der Waals surface area contributed by atoms with Crippen LogP contribution in [-0.4, -0.2) is 41.1 Å². The lowest BCUT2D eigenvalue weighted by atomic mass is 9.66. The zero-order chi connectivity index (χ0) is 22.0. The van der Waals surface area contributed by atoms with Crippen LogP contribution in [0, 0.1) is 11.7 Å². The first-order chi connectivity index (χ1) is 15.0. The molecule has 2 fully saturated rings. The molecular weight excluding hydrogens is 391 g/mol. The Balaban J connectivity index is 1.70. The minimum absolute atomic E-state index is 0.0127. The highest BCUT2D eigenvalue weighted by molar-refractivity contribution is 5.94. The number of fused-ring (bicyclic) bond motifs is 1. The number of carbonyl (C=O) groups is 1. The number of piperidine rings is 1. The third kappa shape index (κ3) is 4.20. The molecule has 3 unspecified atom stereocenters. The van der Waals surface area contributed by atoms with Crippen LogP contribution < -0.4 is 4.90 Å². The van der Waals surface area contributed by atoms with E-state index in [1.54, 1.807) is 12.1 Å². The number of hydrogen-bond donors (Lipinski definition) is 1. The van der Waals surface area contributed by atoms with Crippen molar-refractivity contribution in [3.05, 3.63) is 65.5 Å². The molecule has 0 aromatic heterocycles. The molecule has 166 valence electrons. The van der Waals surface area contributed by atoms with Crippen LogP contribution in [0.4, 0.5) is 10.1 Å². The summed E-state index contributed by atoms with van der Waals surface area (Å²) in [5, 5.41) is 11.5. The van der Waals surface area contributed by atoms with Crippen molar-refractivity contribution < 1.29 is 14.3 Å². The Bertz CT molecular complexity index is 895. The summed E-state index contributed by atoms with van der Waals surface area (Å²) in [5.41, 5.74) is 2.00. The van der Waals surface area contributed by atoms with E-state index in [9.17, 15) is 14.3 Å². The van der Waals surface area contributed by atoms with Gasteiger partial charge in [0.1, 0.15) is 5.82 Å². The van der Waals surface area contributed by atoms with Crippen molar-refractivity contribution in [2.24, 2.45) is 5.92 Å². The molecule has 1 saturated heterocycles.